The summed E-state index contributed by atoms with van der Waals surface area (Å²) in [6, 6.07) is 5.41. The van der Waals surface area contributed by atoms with Crippen LogP contribution < -0.4 is 10.1 Å². The molecule has 0 unspecified atom stereocenters. The van der Waals surface area contributed by atoms with Crippen molar-refractivity contribution in [1.29, 1.82) is 0 Å². The third kappa shape index (κ3) is 2.49. The summed E-state index contributed by atoms with van der Waals surface area (Å²) in [5.41, 5.74) is 0. The summed E-state index contributed by atoms with van der Waals surface area (Å²) >= 11 is 3.11. The standard InChI is InChI=1S/C11H13BrFNO/c1-14-7-4-9(5-7)15-8-2-3-10(12)11(13)6-8/h2-3,6-7,9,14H,4-5H2,1H3. The fraction of sp³-hybridized carbons (Fsp3) is 0.455. The molecule has 0 amide bonds. The molecule has 1 aliphatic carbocycles. The zero-order chi connectivity index (χ0) is 10.8. The van der Waals surface area contributed by atoms with Crippen molar-refractivity contribution in [1.82, 2.24) is 5.32 Å². The monoisotopic (exact) mass is 273 g/mol. The predicted octanol–water partition coefficient (Wildman–Crippen LogP) is 2.72. The molecule has 2 nitrogen and oxygen atoms in total. The highest BCUT2D eigenvalue weighted by molar-refractivity contribution is 9.10. The largest absolute Gasteiger partial charge is 0.490 e. The zero-order valence-corrected chi connectivity index (χ0v) is 10.1. The molecule has 15 heavy (non-hydrogen) atoms. The van der Waals surface area contributed by atoms with Gasteiger partial charge in [-0.1, -0.05) is 0 Å². The Morgan fingerprint density at radius 1 is 1.47 bits per heavy atom. The Morgan fingerprint density at radius 3 is 2.80 bits per heavy atom. The minimum Gasteiger partial charge on any atom is -0.490 e. The second-order valence-corrected chi connectivity index (χ2v) is 4.63. The molecule has 0 bridgehead atoms. The molecule has 82 valence electrons. The highest BCUT2D eigenvalue weighted by Crippen LogP contribution is 2.27. The van der Waals surface area contributed by atoms with Gasteiger partial charge in [0.2, 0.25) is 0 Å². The van der Waals surface area contributed by atoms with Crippen molar-refractivity contribution in [3.8, 4) is 5.75 Å². The summed E-state index contributed by atoms with van der Waals surface area (Å²) in [7, 11) is 1.94. The van der Waals surface area contributed by atoms with Crippen molar-refractivity contribution >= 4 is 15.9 Å². The average molecular weight is 274 g/mol. The minimum atomic E-state index is -0.281. The summed E-state index contributed by atoms with van der Waals surface area (Å²) in [6.45, 7) is 0. The van der Waals surface area contributed by atoms with Gasteiger partial charge < -0.3 is 10.1 Å². The molecular formula is C11H13BrFNO. The molecule has 0 atom stereocenters. The van der Waals surface area contributed by atoms with Crippen molar-refractivity contribution in [2.75, 3.05) is 7.05 Å². The predicted molar refractivity (Wildman–Crippen MR) is 60.6 cm³/mol. The van der Waals surface area contributed by atoms with E-state index in [-0.39, 0.29) is 11.9 Å². The Kier molecular flexibility index (Phi) is 3.26. The van der Waals surface area contributed by atoms with E-state index in [1.54, 1.807) is 12.1 Å². The van der Waals surface area contributed by atoms with E-state index in [0.717, 1.165) is 12.8 Å². The van der Waals surface area contributed by atoms with Crippen LogP contribution in [0.15, 0.2) is 22.7 Å². The van der Waals surface area contributed by atoms with Crippen molar-refractivity contribution in [3.05, 3.63) is 28.5 Å². The van der Waals surface area contributed by atoms with Gasteiger partial charge in [0.25, 0.3) is 0 Å². The van der Waals surface area contributed by atoms with Gasteiger partial charge in [-0.2, -0.15) is 0 Å². The first kappa shape index (κ1) is 10.9. The third-order valence-electron chi connectivity index (χ3n) is 2.70. The van der Waals surface area contributed by atoms with Gasteiger partial charge >= 0.3 is 0 Å². The van der Waals surface area contributed by atoms with E-state index in [1.165, 1.54) is 6.07 Å². The quantitative estimate of drug-likeness (QED) is 0.915. The first-order valence-corrected chi connectivity index (χ1v) is 5.77. The van der Waals surface area contributed by atoms with Gasteiger partial charge in [-0.25, -0.2) is 4.39 Å². The van der Waals surface area contributed by atoms with E-state index >= 15 is 0 Å². The smallest absolute Gasteiger partial charge is 0.141 e. The van der Waals surface area contributed by atoms with Crippen molar-refractivity contribution < 1.29 is 9.13 Å². The molecule has 1 aromatic rings. The van der Waals surface area contributed by atoms with Crippen molar-refractivity contribution in [2.24, 2.45) is 0 Å². The van der Waals surface area contributed by atoms with Crippen molar-refractivity contribution in [2.45, 2.75) is 25.0 Å². The Labute approximate surface area is 96.9 Å². The summed E-state index contributed by atoms with van der Waals surface area (Å²) in [4.78, 5) is 0. The molecule has 2 rings (SSSR count). The highest BCUT2D eigenvalue weighted by atomic mass is 79.9. The molecule has 0 radical (unpaired) electrons. The van der Waals surface area contributed by atoms with Gasteiger partial charge in [0.05, 0.1) is 4.47 Å². The number of ether oxygens (including phenoxy) is 1. The van der Waals surface area contributed by atoms with Gasteiger partial charge in [0.15, 0.2) is 0 Å². The molecule has 1 aromatic carbocycles. The SMILES string of the molecule is CNC1CC(Oc2ccc(Br)c(F)c2)C1. The Hall–Kier alpha value is -0.610. The normalized spacial score (nSPS) is 24.7. The summed E-state index contributed by atoms with van der Waals surface area (Å²) < 4.78 is 19.2. The second kappa shape index (κ2) is 4.49. The molecule has 0 heterocycles. The second-order valence-electron chi connectivity index (χ2n) is 3.77. The number of hydrogen-bond donors (Lipinski definition) is 1. The van der Waals surface area contributed by atoms with Crippen LogP contribution in [0, 0.1) is 5.82 Å². The lowest BCUT2D eigenvalue weighted by Crippen LogP contribution is -2.45. The van der Waals surface area contributed by atoms with Crippen LogP contribution in [0.25, 0.3) is 0 Å². The molecular weight excluding hydrogens is 261 g/mol. The Morgan fingerprint density at radius 2 is 2.20 bits per heavy atom. The fourth-order valence-corrected chi connectivity index (χ4v) is 1.89. The van der Waals surface area contributed by atoms with Crippen LogP contribution in [0.2, 0.25) is 0 Å². The van der Waals surface area contributed by atoms with Crippen LogP contribution in [0.3, 0.4) is 0 Å². The fourth-order valence-electron chi connectivity index (χ4n) is 1.64. The van der Waals surface area contributed by atoms with E-state index in [0.29, 0.717) is 16.3 Å². The molecule has 1 aliphatic rings. The van der Waals surface area contributed by atoms with E-state index < -0.39 is 0 Å². The highest BCUT2D eigenvalue weighted by Gasteiger charge is 2.29. The van der Waals surface area contributed by atoms with E-state index in [1.807, 2.05) is 7.05 Å². The summed E-state index contributed by atoms with van der Waals surface area (Å²) in [6.07, 6.45) is 2.21. The first-order chi connectivity index (χ1) is 7.19. The van der Waals surface area contributed by atoms with Gasteiger partial charge in [-0.05, 0) is 48.0 Å². The van der Waals surface area contributed by atoms with Gasteiger partial charge in [0.1, 0.15) is 17.7 Å². The lowest BCUT2D eigenvalue weighted by atomic mass is 9.89. The maximum atomic E-state index is 13.2. The minimum absolute atomic E-state index is 0.225. The van der Waals surface area contributed by atoms with E-state index in [4.69, 9.17) is 4.74 Å². The number of rotatable bonds is 3. The number of nitrogens with one attached hydrogen (secondary N) is 1. The van der Waals surface area contributed by atoms with Gasteiger partial charge in [0, 0.05) is 12.1 Å². The molecule has 0 aliphatic heterocycles. The lowest BCUT2D eigenvalue weighted by Gasteiger charge is -2.35. The maximum Gasteiger partial charge on any atom is 0.141 e. The van der Waals surface area contributed by atoms with Crippen LogP contribution in [-0.4, -0.2) is 19.2 Å². The molecule has 4 heteroatoms. The van der Waals surface area contributed by atoms with E-state index in [2.05, 4.69) is 21.2 Å². The van der Waals surface area contributed by atoms with Crippen molar-refractivity contribution in [3.63, 3.8) is 0 Å². The topological polar surface area (TPSA) is 21.3 Å². The van der Waals surface area contributed by atoms with Crippen LogP contribution in [0.5, 0.6) is 5.75 Å². The van der Waals surface area contributed by atoms with Gasteiger partial charge in [-0.15, -0.1) is 0 Å². The molecule has 1 fully saturated rings. The summed E-state index contributed by atoms with van der Waals surface area (Å²) in [5.74, 6) is 0.326. The van der Waals surface area contributed by atoms with Crippen LogP contribution in [0.1, 0.15) is 12.8 Å². The maximum absolute atomic E-state index is 13.2. The molecule has 0 saturated heterocycles. The Bertz CT molecular complexity index is 352. The van der Waals surface area contributed by atoms with Crippen LogP contribution in [-0.2, 0) is 0 Å². The zero-order valence-electron chi connectivity index (χ0n) is 8.47. The van der Waals surface area contributed by atoms with Crippen LogP contribution >= 0.6 is 15.9 Å². The van der Waals surface area contributed by atoms with E-state index in [9.17, 15) is 4.39 Å². The number of benzene rings is 1. The lowest BCUT2D eigenvalue weighted by molar-refractivity contribution is 0.0881. The Balaban J connectivity index is 1.92. The first-order valence-electron chi connectivity index (χ1n) is 4.98. The number of hydrogen-bond acceptors (Lipinski definition) is 2. The van der Waals surface area contributed by atoms with Crippen LogP contribution in [0.4, 0.5) is 4.39 Å². The summed E-state index contributed by atoms with van der Waals surface area (Å²) in [5, 5.41) is 3.18. The molecule has 1 saturated carbocycles. The molecule has 0 aromatic heterocycles. The molecule has 1 N–H and O–H groups in total. The van der Waals surface area contributed by atoms with Gasteiger partial charge in [-0.3, -0.25) is 0 Å². The molecule has 0 spiro atoms. The number of halogens is 2. The third-order valence-corrected chi connectivity index (χ3v) is 3.34. The average Bonchev–Trinajstić information content (AvgIpc) is 2.16.